The second kappa shape index (κ2) is 9.42. The molecule has 3 rings (SSSR count). The van der Waals surface area contributed by atoms with Gasteiger partial charge in [0.1, 0.15) is 18.2 Å². The number of fused-ring (bicyclic) bond motifs is 3. The lowest BCUT2D eigenvalue weighted by atomic mass is 9.96. The number of nitrogens with one attached hydrogen (secondary N) is 1. The van der Waals surface area contributed by atoms with Gasteiger partial charge in [0.25, 0.3) is 0 Å². The molecule has 0 saturated carbocycles. The van der Waals surface area contributed by atoms with Crippen LogP contribution in [-0.4, -0.2) is 52.7 Å². The monoisotopic (exact) mass is 438 g/mol. The molecule has 7 nitrogen and oxygen atoms in total. The third-order valence-electron chi connectivity index (χ3n) is 6.33. The first kappa shape index (κ1) is 23.3. The number of amides is 2. The average Bonchev–Trinajstić information content (AvgIpc) is 3.11. The zero-order chi connectivity index (χ0) is 23.5. The Morgan fingerprint density at radius 3 is 2.06 bits per heavy atom. The maximum absolute atomic E-state index is 13.1. The number of alkyl carbamates (subject to hydrolysis) is 1. The Kier molecular flexibility index (Phi) is 6.87. The van der Waals surface area contributed by atoms with Gasteiger partial charge in [-0.2, -0.15) is 0 Å². The van der Waals surface area contributed by atoms with Gasteiger partial charge in [-0.05, 0) is 49.4 Å². The Labute approximate surface area is 188 Å². The summed E-state index contributed by atoms with van der Waals surface area (Å²) in [6, 6.07) is 15.1. The molecule has 2 aromatic carbocycles. The maximum Gasteiger partial charge on any atom is 0.408 e. The summed E-state index contributed by atoms with van der Waals surface area (Å²) in [5.41, 5.74) is 3.19. The van der Waals surface area contributed by atoms with E-state index in [4.69, 9.17) is 4.74 Å². The molecule has 2 unspecified atom stereocenters. The number of hydrogen-bond donors (Lipinski definition) is 2. The molecule has 2 atom stereocenters. The van der Waals surface area contributed by atoms with Gasteiger partial charge < -0.3 is 20.1 Å². The molecule has 1 aliphatic rings. The van der Waals surface area contributed by atoms with Crippen LogP contribution in [0.4, 0.5) is 4.79 Å². The van der Waals surface area contributed by atoms with Gasteiger partial charge in [0.05, 0.1) is 0 Å². The fraction of sp³-hybridized carbons (Fsp3) is 0.400. The van der Waals surface area contributed by atoms with Gasteiger partial charge in [-0.15, -0.1) is 0 Å². The Morgan fingerprint density at radius 2 is 1.59 bits per heavy atom. The number of carboxylic acids is 1. The molecule has 1 aliphatic carbocycles. The van der Waals surface area contributed by atoms with Gasteiger partial charge in [-0.1, -0.05) is 55.5 Å². The van der Waals surface area contributed by atoms with Crippen LogP contribution >= 0.6 is 0 Å². The zero-order valence-corrected chi connectivity index (χ0v) is 18.9. The van der Waals surface area contributed by atoms with Crippen molar-refractivity contribution in [3.05, 3.63) is 59.7 Å². The van der Waals surface area contributed by atoms with Gasteiger partial charge >= 0.3 is 12.1 Å². The number of nitrogens with zero attached hydrogens (tertiary/aromatic N) is 1. The Hall–Kier alpha value is -3.35. The number of hydrogen-bond acceptors (Lipinski definition) is 4. The Balaban J connectivity index is 1.72. The summed E-state index contributed by atoms with van der Waals surface area (Å²) in [6.45, 7) is 6.87. The molecule has 2 aromatic rings. The summed E-state index contributed by atoms with van der Waals surface area (Å²) in [4.78, 5) is 38.4. The molecule has 32 heavy (non-hydrogen) atoms. The van der Waals surface area contributed by atoms with E-state index in [0.717, 1.165) is 22.3 Å². The summed E-state index contributed by atoms with van der Waals surface area (Å²) in [7, 11) is 0. The van der Waals surface area contributed by atoms with E-state index in [1.54, 1.807) is 20.8 Å². The first-order chi connectivity index (χ1) is 15.2. The minimum atomic E-state index is -1.28. The van der Waals surface area contributed by atoms with E-state index in [-0.39, 0.29) is 19.1 Å². The molecule has 0 fully saturated rings. The van der Waals surface area contributed by atoms with E-state index in [1.807, 2.05) is 36.4 Å². The molecular weight excluding hydrogens is 408 g/mol. The number of rotatable bonds is 8. The number of carbonyl (C=O) groups excluding carboxylic acids is 2. The van der Waals surface area contributed by atoms with Gasteiger partial charge in [-0.25, -0.2) is 9.59 Å². The number of carbonyl (C=O) groups is 3. The van der Waals surface area contributed by atoms with Crippen molar-refractivity contribution in [1.82, 2.24) is 10.2 Å². The van der Waals surface area contributed by atoms with Gasteiger partial charge in [-0.3, -0.25) is 4.79 Å². The van der Waals surface area contributed by atoms with Gasteiger partial charge in [0.2, 0.25) is 5.91 Å². The second-order valence-corrected chi connectivity index (χ2v) is 8.24. The Morgan fingerprint density at radius 1 is 1.06 bits per heavy atom. The molecule has 0 aromatic heterocycles. The maximum atomic E-state index is 13.1. The fourth-order valence-corrected chi connectivity index (χ4v) is 4.20. The van der Waals surface area contributed by atoms with Crippen LogP contribution in [0.5, 0.6) is 0 Å². The first-order valence-corrected chi connectivity index (χ1v) is 10.9. The van der Waals surface area contributed by atoms with Crippen molar-refractivity contribution in [1.29, 1.82) is 0 Å². The molecule has 2 amide bonds. The minimum absolute atomic E-state index is 0.0871. The quantitative estimate of drug-likeness (QED) is 0.649. The molecular formula is C25H30N2O5. The largest absolute Gasteiger partial charge is 0.480 e. The predicted molar refractivity (Wildman–Crippen MR) is 121 cm³/mol. The minimum Gasteiger partial charge on any atom is -0.480 e. The van der Waals surface area contributed by atoms with Crippen molar-refractivity contribution < 1.29 is 24.2 Å². The first-order valence-electron chi connectivity index (χ1n) is 10.9. The number of benzene rings is 2. The summed E-state index contributed by atoms with van der Waals surface area (Å²) >= 11 is 0. The number of likely N-dealkylation sites (N-methyl/N-ethyl adjacent to an activating group) is 1. The second-order valence-electron chi connectivity index (χ2n) is 8.24. The van der Waals surface area contributed by atoms with Gasteiger partial charge in [0.15, 0.2) is 0 Å². The van der Waals surface area contributed by atoms with Crippen LogP contribution in [0.3, 0.4) is 0 Å². The molecule has 0 aliphatic heterocycles. The summed E-state index contributed by atoms with van der Waals surface area (Å²) in [6.07, 6.45) is -0.414. The lowest BCUT2D eigenvalue weighted by Crippen LogP contribution is -2.60. The standard InChI is InChI=1S/C25H30N2O5/c1-5-25(4,23(30)27(6-2)16(3)22(28)29)26-24(31)32-15-21-19-13-9-7-11-17(19)18-12-8-10-14-20(18)21/h7-14,16,21H,5-6,15H2,1-4H3,(H,26,31)(H,28,29). The SMILES string of the molecule is CCN(C(=O)C(C)(CC)NC(=O)OCC1c2ccccc2-c2ccccc21)C(C)C(=O)O. The lowest BCUT2D eigenvalue weighted by Gasteiger charge is -2.35. The van der Waals surface area contributed by atoms with Crippen molar-refractivity contribution in [2.45, 2.75) is 51.6 Å². The van der Waals surface area contributed by atoms with Crippen molar-refractivity contribution in [3.63, 3.8) is 0 Å². The zero-order valence-electron chi connectivity index (χ0n) is 18.9. The number of aliphatic carboxylic acids is 1. The predicted octanol–water partition coefficient (Wildman–Crippen LogP) is 4.02. The molecule has 0 bridgehead atoms. The third kappa shape index (κ3) is 4.33. The molecule has 7 heteroatoms. The van der Waals surface area contributed by atoms with Crippen LogP contribution in [0.15, 0.2) is 48.5 Å². The Bertz CT molecular complexity index is 975. The molecule has 170 valence electrons. The van der Waals surface area contributed by atoms with E-state index >= 15 is 0 Å². The van der Waals surface area contributed by atoms with Crippen LogP contribution in [0, 0.1) is 0 Å². The average molecular weight is 439 g/mol. The van der Waals surface area contributed by atoms with Crippen LogP contribution in [0.25, 0.3) is 11.1 Å². The van der Waals surface area contributed by atoms with E-state index in [2.05, 4.69) is 17.4 Å². The summed E-state index contributed by atoms with van der Waals surface area (Å²) in [5.74, 6) is -1.64. The highest BCUT2D eigenvalue weighted by atomic mass is 16.5. The van der Waals surface area contributed by atoms with Crippen LogP contribution in [-0.2, 0) is 14.3 Å². The van der Waals surface area contributed by atoms with Crippen LogP contribution in [0.1, 0.15) is 51.2 Å². The topological polar surface area (TPSA) is 95.9 Å². The summed E-state index contributed by atoms with van der Waals surface area (Å²) < 4.78 is 5.57. The van der Waals surface area contributed by atoms with E-state index in [9.17, 15) is 19.5 Å². The smallest absolute Gasteiger partial charge is 0.408 e. The molecule has 2 N–H and O–H groups in total. The van der Waals surface area contributed by atoms with E-state index in [1.165, 1.54) is 11.8 Å². The lowest BCUT2D eigenvalue weighted by molar-refractivity contribution is -0.152. The van der Waals surface area contributed by atoms with Crippen LogP contribution < -0.4 is 5.32 Å². The molecule has 0 saturated heterocycles. The highest BCUT2D eigenvalue weighted by Gasteiger charge is 2.40. The highest BCUT2D eigenvalue weighted by molar-refractivity contribution is 5.92. The van der Waals surface area contributed by atoms with Crippen molar-refractivity contribution in [2.75, 3.05) is 13.2 Å². The third-order valence-corrected chi connectivity index (χ3v) is 6.33. The fourth-order valence-electron chi connectivity index (χ4n) is 4.20. The molecule has 0 spiro atoms. The van der Waals surface area contributed by atoms with Crippen molar-refractivity contribution >= 4 is 18.0 Å². The normalized spacial score (nSPS) is 15.1. The number of carboxylic acid groups (broad SMARTS) is 1. The van der Waals surface area contributed by atoms with E-state index < -0.39 is 29.6 Å². The number of ether oxygens (including phenoxy) is 1. The highest BCUT2D eigenvalue weighted by Crippen LogP contribution is 2.44. The molecule has 0 radical (unpaired) electrons. The summed E-state index contributed by atoms with van der Waals surface area (Å²) in [5, 5.41) is 12.0. The molecule has 0 heterocycles. The van der Waals surface area contributed by atoms with E-state index in [0.29, 0.717) is 6.42 Å². The van der Waals surface area contributed by atoms with Crippen molar-refractivity contribution in [3.8, 4) is 11.1 Å². The van der Waals surface area contributed by atoms with Crippen LogP contribution in [0.2, 0.25) is 0 Å². The van der Waals surface area contributed by atoms with Crippen molar-refractivity contribution in [2.24, 2.45) is 0 Å². The van der Waals surface area contributed by atoms with Gasteiger partial charge in [0, 0.05) is 12.5 Å².